The topological polar surface area (TPSA) is 147 Å². The van der Waals surface area contributed by atoms with E-state index in [0.717, 1.165) is 29.2 Å². The number of likely N-dealkylation sites (tertiary alicyclic amines) is 1. The van der Waals surface area contributed by atoms with E-state index < -0.39 is 6.09 Å². The van der Waals surface area contributed by atoms with Gasteiger partial charge in [0.2, 0.25) is 11.8 Å². The molecule has 36 heavy (non-hydrogen) atoms. The first-order valence-corrected chi connectivity index (χ1v) is 11.6. The van der Waals surface area contributed by atoms with Crippen molar-refractivity contribution in [1.29, 1.82) is 0 Å². The van der Waals surface area contributed by atoms with Crippen LogP contribution in [-0.2, 0) is 0 Å². The average Bonchev–Trinajstić information content (AvgIpc) is 2.87. The van der Waals surface area contributed by atoms with Crippen LogP contribution in [0.1, 0.15) is 18.4 Å². The van der Waals surface area contributed by atoms with E-state index in [-0.39, 0.29) is 17.7 Å². The average molecular weight is 487 g/mol. The fourth-order valence-corrected chi connectivity index (χ4v) is 4.43. The van der Waals surface area contributed by atoms with Crippen LogP contribution in [0, 0.1) is 6.92 Å². The van der Waals surface area contributed by atoms with Gasteiger partial charge in [-0.2, -0.15) is 0 Å². The highest BCUT2D eigenvalue weighted by Crippen LogP contribution is 2.39. The van der Waals surface area contributed by atoms with E-state index in [1.165, 1.54) is 17.2 Å². The van der Waals surface area contributed by atoms with E-state index >= 15 is 0 Å². The normalized spacial score (nSPS) is 15.6. The summed E-state index contributed by atoms with van der Waals surface area (Å²) >= 11 is 0. The Morgan fingerprint density at radius 3 is 2.89 bits per heavy atom. The Morgan fingerprint density at radius 2 is 2.06 bits per heavy atom. The van der Waals surface area contributed by atoms with Gasteiger partial charge in [-0.15, -0.1) is 0 Å². The van der Waals surface area contributed by atoms with Gasteiger partial charge in [0.25, 0.3) is 0 Å². The molecule has 1 amide bonds. The van der Waals surface area contributed by atoms with Gasteiger partial charge in [0.05, 0.1) is 17.5 Å². The second-order valence-corrected chi connectivity index (χ2v) is 8.78. The molecular formula is C26H26N6O4. The summed E-state index contributed by atoms with van der Waals surface area (Å²) in [6.45, 7) is 2.81. The van der Waals surface area contributed by atoms with Crippen LogP contribution in [0.5, 0.6) is 17.4 Å². The molecule has 0 radical (unpaired) electrons. The highest BCUT2D eigenvalue weighted by atomic mass is 16.5. The van der Waals surface area contributed by atoms with Crippen LogP contribution in [0.4, 0.5) is 16.4 Å². The van der Waals surface area contributed by atoms with Gasteiger partial charge in [-0.25, -0.2) is 19.7 Å². The zero-order valence-electron chi connectivity index (χ0n) is 19.7. The Labute approximate surface area is 207 Å². The number of hydrogen-bond donors (Lipinski definition) is 4. The van der Waals surface area contributed by atoms with Crippen molar-refractivity contribution in [2.75, 3.05) is 24.1 Å². The maximum Gasteiger partial charge on any atom is 0.407 e. The first-order valence-electron chi connectivity index (χ1n) is 11.6. The Bertz CT molecular complexity index is 1440. The number of aryl methyl sites for hydroxylation is 1. The summed E-state index contributed by atoms with van der Waals surface area (Å²) in [6, 6.07) is 12.7. The zero-order chi connectivity index (χ0) is 25.2. The van der Waals surface area contributed by atoms with Crippen LogP contribution in [0.25, 0.3) is 22.0 Å². The maximum atomic E-state index is 11.4. The van der Waals surface area contributed by atoms with Crippen molar-refractivity contribution < 1.29 is 19.7 Å². The quantitative estimate of drug-likeness (QED) is 0.296. The third kappa shape index (κ3) is 4.65. The number of amides is 1. The molecule has 2 aromatic heterocycles. The van der Waals surface area contributed by atoms with Crippen molar-refractivity contribution in [3.05, 3.63) is 60.4 Å². The Morgan fingerprint density at radius 1 is 1.19 bits per heavy atom. The molecule has 4 aromatic rings. The molecule has 10 nitrogen and oxygen atoms in total. The summed E-state index contributed by atoms with van der Waals surface area (Å²) in [5.41, 5.74) is 8.69. The second kappa shape index (κ2) is 9.57. The molecule has 1 atom stereocenters. The number of aromatic hydroxyl groups is 1. The van der Waals surface area contributed by atoms with Gasteiger partial charge in [-0.3, -0.25) is 0 Å². The number of anilines is 2. The molecule has 0 bridgehead atoms. The first kappa shape index (κ1) is 23.2. The molecule has 1 aliphatic rings. The number of piperidine rings is 1. The third-order valence-electron chi connectivity index (χ3n) is 6.23. The first-order chi connectivity index (χ1) is 17.4. The van der Waals surface area contributed by atoms with Crippen molar-refractivity contribution in [1.82, 2.24) is 19.9 Å². The second-order valence-electron chi connectivity index (χ2n) is 8.78. The molecule has 1 fully saturated rings. The van der Waals surface area contributed by atoms with E-state index in [0.29, 0.717) is 41.7 Å². The van der Waals surface area contributed by atoms with Gasteiger partial charge < -0.3 is 30.9 Å². The summed E-state index contributed by atoms with van der Waals surface area (Å²) in [5.74, 6) is 1.20. The van der Waals surface area contributed by atoms with Crippen molar-refractivity contribution in [2.24, 2.45) is 0 Å². The largest absolute Gasteiger partial charge is 0.506 e. The summed E-state index contributed by atoms with van der Waals surface area (Å²) in [4.78, 5) is 26.0. The number of carboxylic acid groups (broad SMARTS) is 1. The SMILES string of the molecule is Cc1ccc2c(N)cccc2c1Oc1ncc(O)cc1-c1ccnc(N[C@H]2CCCN(C(=O)O)C2)n1. The Kier molecular flexibility index (Phi) is 6.16. The molecule has 0 unspecified atom stereocenters. The lowest BCUT2D eigenvalue weighted by atomic mass is 10.0. The molecule has 5 rings (SSSR count). The molecular weight excluding hydrogens is 460 g/mol. The van der Waals surface area contributed by atoms with Gasteiger partial charge in [0.15, 0.2) is 0 Å². The standard InChI is InChI=1S/C26H26N6O4/c1-15-7-8-18-19(5-2-6-21(18)27)23(15)36-24-20(12-17(33)13-29-24)22-9-10-28-25(31-22)30-16-4-3-11-32(14-16)26(34)35/h2,5-10,12-13,16,33H,3-4,11,14,27H2,1H3,(H,34,35)(H,28,30,31)/t16-/m0/s1. The monoisotopic (exact) mass is 486 g/mol. The molecule has 2 aromatic carbocycles. The minimum Gasteiger partial charge on any atom is -0.506 e. The predicted octanol–water partition coefficient (Wildman–Crippen LogP) is 4.63. The number of pyridine rings is 1. The smallest absolute Gasteiger partial charge is 0.407 e. The van der Waals surface area contributed by atoms with Crippen LogP contribution in [-0.4, -0.2) is 55.3 Å². The number of fused-ring (bicyclic) bond motifs is 1. The summed E-state index contributed by atoms with van der Waals surface area (Å²) in [6.07, 6.45) is 3.54. The number of nitrogen functional groups attached to an aromatic ring is 1. The van der Waals surface area contributed by atoms with Crippen molar-refractivity contribution >= 4 is 28.5 Å². The zero-order valence-corrected chi connectivity index (χ0v) is 19.7. The number of carbonyl (C=O) groups is 1. The molecule has 1 saturated heterocycles. The van der Waals surface area contributed by atoms with Crippen LogP contribution in [0.15, 0.2) is 54.9 Å². The number of aromatic nitrogens is 3. The third-order valence-corrected chi connectivity index (χ3v) is 6.23. The Balaban J connectivity index is 1.48. The van der Waals surface area contributed by atoms with Crippen LogP contribution >= 0.6 is 0 Å². The van der Waals surface area contributed by atoms with Gasteiger partial charge in [-0.05, 0) is 43.5 Å². The number of nitrogens with zero attached hydrogens (tertiary/aromatic N) is 4. The molecule has 0 saturated carbocycles. The maximum absolute atomic E-state index is 11.4. The number of benzene rings is 2. The van der Waals surface area contributed by atoms with Crippen molar-refractivity contribution in [3.8, 4) is 28.6 Å². The van der Waals surface area contributed by atoms with E-state index in [2.05, 4.69) is 20.3 Å². The van der Waals surface area contributed by atoms with Crippen LogP contribution in [0.3, 0.4) is 0 Å². The van der Waals surface area contributed by atoms with Gasteiger partial charge in [0, 0.05) is 41.8 Å². The Hall–Kier alpha value is -4.60. The van der Waals surface area contributed by atoms with E-state index in [4.69, 9.17) is 10.5 Å². The number of rotatable bonds is 5. The van der Waals surface area contributed by atoms with E-state index in [9.17, 15) is 15.0 Å². The van der Waals surface area contributed by atoms with Gasteiger partial charge in [0.1, 0.15) is 11.5 Å². The fourth-order valence-electron chi connectivity index (χ4n) is 4.43. The highest BCUT2D eigenvalue weighted by molar-refractivity contribution is 5.97. The molecule has 0 spiro atoms. The lowest BCUT2D eigenvalue weighted by molar-refractivity contribution is 0.132. The lowest BCUT2D eigenvalue weighted by Crippen LogP contribution is -2.44. The van der Waals surface area contributed by atoms with Crippen molar-refractivity contribution in [2.45, 2.75) is 25.8 Å². The fraction of sp³-hybridized carbons (Fsp3) is 0.231. The van der Waals surface area contributed by atoms with Gasteiger partial charge >= 0.3 is 6.09 Å². The summed E-state index contributed by atoms with van der Waals surface area (Å²) in [5, 5.41) is 24.4. The van der Waals surface area contributed by atoms with E-state index in [1.54, 1.807) is 12.3 Å². The number of hydrogen-bond acceptors (Lipinski definition) is 8. The van der Waals surface area contributed by atoms with Crippen LogP contribution < -0.4 is 15.8 Å². The molecule has 0 aliphatic carbocycles. The molecule has 10 heteroatoms. The summed E-state index contributed by atoms with van der Waals surface area (Å²) < 4.78 is 6.32. The number of nitrogens with one attached hydrogen (secondary N) is 1. The lowest BCUT2D eigenvalue weighted by Gasteiger charge is -2.31. The molecule has 184 valence electrons. The summed E-state index contributed by atoms with van der Waals surface area (Å²) in [7, 11) is 0. The minimum absolute atomic E-state index is 0.0336. The molecule has 1 aliphatic heterocycles. The molecule has 3 heterocycles. The van der Waals surface area contributed by atoms with Crippen LogP contribution in [0.2, 0.25) is 0 Å². The molecule has 5 N–H and O–H groups in total. The van der Waals surface area contributed by atoms with Gasteiger partial charge in [-0.1, -0.05) is 24.3 Å². The number of nitrogens with two attached hydrogens (primary N) is 1. The number of ether oxygens (including phenoxy) is 1. The predicted molar refractivity (Wildman–Crippen MR) is 136 cm³/mol. The van der Waals surface area contributed by atoms with Crippen molar-refractivity contribution in [3.63, 3.8) is 0 Å². The van der Waals surface area contributed by atoms with E-state index in [1.807, 2.05) is 37.3 Å². The minimum atomic E-state index is -0.936. The highest BCUT2D eigenvalue weighted by Gasteiger charge is 2.24.